The van der Waals surface area contributed by atoms with Crippen molar-refractivity contribution in [1.82, 2.24) is 0 Å². The van der Waals surface area contributed by atoms with Gasteiger partial charge in [0, 0.05) is 7.11 Å². The van der Waals surface area contributed by atoms with Crippen molar-refractivity contribution < 1.29 is 28.4 Å². The number of aryl methyl sites for hydroxylation is 1. The Morgan fingerprint density at radius 1 is 0.681 bits per heavy atom. The third-order valence-corrected chi connectivity index (χ3v) is 9.83. The van der Waals surface area contributed by atoms with Gasteiger partial charge in [0.2, 0.25) is 0 Å². The normalized spacial score (nSPS) is 21.1. The smallest absolute Gasteiger partial charge is 0.119 e. The van der Waals surface area contributed by atoms with Crippen molar-refractivity contribution in [1.29, 1.82) is 0 Å². The summed E-state index contributed by atoms with van der Waals surface area (Å²) in [5, 5.41) is 0. The van der Waals surface area contributed by atoms with Crippen LogP contribution in [0.1, 0.15) is 61.4 Å². The summed E-state index contributed by atoms with van der Waals surface area (Å²) in [6.07, 6.45) is 3.10. The molecule has 47 heavy (non-hydrogen) atoms. The maximum Gasteiger partial charge on any atom is 0.119 e. The van der Waals surface area contributed by atoms with Gasteiger partial charge in [-0.15, -0.1) is 0 Å². The van der Waals surface area contributed by atoms with E-state index in [1.807, 2.05) is 0 Å². The van der Waals surface area contributed by atoms with E-state index in [0.717, 1.165) is 36.9 Å². The van der Waals surface area contributed by atoms with E-state index in [2.05, 4.69) is 100 Å². The van der Waals surface area contributed by atoms with Gasteiger partial charge in [-0.1, -0.05) is 69.2 Å². The van der Waals surface area contributed by atoms with Crippen LogP contribution in [0.4, 0.5) is 0 Å². The van der Waals surface area contributed by atoms with Crippen molar-refractivity contribution in [3.8, 4) is 39.5 Å². The zero-order valence-corrected chi connectivity index (χ0v) is 28.3. The van der Waals surface area contributed by atoms with Gasteiger partial charge in [0.1, 0.15) is 36.6 Å². The van der Waals surface area contributed by atoms with Crippen LogP contribution in [-0.4, -0.2) is 59.0 Å². The largest absolute Gasteiger partial charge is 0.493 e. The van der Waals surface area contributed by atoms with E-state index in [1.165, 1.54) is 56.5 Å². The lowest BCUT2D eigenvalue weighted by Gasteiger charge is -2.31. The fourth-order valence-corrected chi connectivity index (χ4v) is 6.80. The molecule has 0 N–H and O–H groups in total. The number of epoxide rings is 2. The summed E-state index contributed by atoms with van der Waals surface area (Å²) in [6.45, 7) is 12.8. The molecule has 6 heteroatoms. The minimum Gasteiger partial charge on any atom is -0.493 e. The van der Waals surface area contributed by atoms with Gasteiger partial charge in [-0.25, -0.2) is 0 Å². The Kier molecular flexibility index (Phi) is 9.01. The SMILES string of the molecule is CCC(C)COc1ccc2c(c1)C1(c3cc(C)ccc3-c3ccc(OCC4CO4)cc31)c1cc(OCCOC)ccc1-2.CCC1CO1. The number of methoxy groups -OCH3 is 1. The molecule has 6 nitrogen and oxygen atoms in total. The van der Waals surface area contributed by atoms with Crippen molar-refractivity contribution in [3.05, 3.63) is 101 Å². The highest BCUT2D eigenvalue weighted by Crippen LogP contribution is 2.64. The maximum absolute atomic E-state index is 6.39. The standard InChI is InChI=1S/C37H38O5.C4H8O/c1-5-23(2)20-40-26-8-12-32-31-11-7-25(39-15-14-38-4)17-34(31)37(35(32)18-26)33-16-24(3)6-10-29(33)30-13-9-27(19-36(30)37)41-21-28-22-42-28;1-2-4-3-5-4/h6-13,16-19,23,28H,5,14-15,20-22H2,1-4H3;4H,2-3H2,1H3. The highest BCUT2D eigenvalue weighted by molar-refractivity contribution is 5.95. The lowest BCUT2D eigenvalue weighted by molar-refractivity contribution is 0.146. The van der Waals surface area contributed by atoms with E-state index >= 15 is 0 Å². The molecule has 0 radical (unpaired) electrons. The van der Waals surface area contributed by atoms with E-state index in [4.69, 9.17) is 28.4 Å². The van der Waals surface area contributed by atoms with Crippen molar-refractivity contribution in [2.75, 3.05) is 46.8 Å². The molecular weight excluding hydrogens is 588 g/mol. The lowest BCUT2D eigenvalue weighted by atomic mass is 9.70. The molecule has 8 rings (SSSR count). The first kappa shape index (κ1) is 31.7. The highest BCUT2D eigenvalue weighted by atomic mass is 16.6. The van der Waals surface area contributed by atoms with Gasteiger partial charge >= 0.3 is 0 Å². The average molecular weight is 635 g/mol. The molecule has 4 aromatic rings. The molecule has 2 heterocycles. The first-order valence-corrected chi connectivity index (χ1v) is 17.1. The van der Waals surface area contributed by atoms with Gasteiger partial charge in [-0.05, 0) is 100 Å². The molecule has 4 unspecified atom stereocenters. The topological polar surface area (TPSA) is 62.0 Å². The molecule has 246 valence electrons. The zero-order chi connectivity index (χ0) is 32.5. The summed E-state index contributed by atoms with van der Waals surface area (Å²) in [5.41, 5.74) is 10.6. The molecule has 0 amide bonds. The highest BCUT2D eigenvalue weighted by Gasteiger charge is 2.52. The second-order valence-corrected chi connectivity index (χ2v) is 13.2. The number of rotatable bonds is 12. The summed E-state index contributed by atoms with van der Waals surface area (Å²) in [6, 6.07) is 26.6. The second-order valence-electron chi connectivity index (χ2n) is 13.2. The van der Waals surface area contributed by atoms with Crippen molar-refractivity contribution in [2.45, 2.75) is 58.2 Å². The Bertz CT molecular complexity index is 1740. The monoisotopic (exact) mass is 634 g/mol. The minimum absolute atomic E-state index is 0.192. The van der Waals surface area contributed by atoms with Crippen molar-refractivity contribution in [2.24, 2.45) is 5.92 Å². The quantitative estimate of drug-likeness (QED) is 0.0996. The fourth-order valence-electron chi connectivity index (χ4n) is 6.80. The predicted molar refractivity (Wildman–Crippen MR) is 185 cm³/mol. The Morgan fingerprint density at radius 2 is 1.19 bits per heavy atom. The van der Waals surface area contributed by atoms with Gasteiger partial charge in [-0.2, -0.15) is 0 Å². The van der Waals surface area contributed by atoms with E-state index in [0.29, 0.717) is 38.4 Å². The number of benzene rings is 4. The zero-order valence-electron chi connectivity index (χ0n) is 28.3. The second kappa shape index (κ2) is 13.3. The first-order chi connectivity index (χ1) is 23.0. The van der Waals surface area contributed by atoms with Crippen LogP contribution in [0.25, 0.3) is 22.3 Å². The van der Waals surface area contributed by atoms with E-state index < -0.39 is 5.41 Å². The molecule has 0 saturated carbocycles. The van der Waals surface area contributed by atoms with E-state index in [9.17, 15) is 0 Å². The Labute approximate surface area is 278 Å². The first-order valence-electron chi connectivity index (χ1n) is 17.1. The van der Waals surface area contributed by atoms with Crippen LogP contribution in [0.2, 0.25) is 0 Å². The molecule has 0 aromatic heterocycles. The summed E-state index contributed by atoms with van der Waals surface area (Å²) in [5.74, 6) is 3.09. The molecule has 4 aromatic carbocycles. The van der Waals surface area contributed by atoms with Crippen LogP contribution in [0, 0.1) is 12.8 Å². The Hall–Kier alpha value is -3.84. The van der Waals surface area contributed by atoms with E-state index in [1.54, 1.807) is 7.11 Å². The van der Waals surface area contributed by atoms with Gasteiger partial charge in [-0.3, -0.25) is 0 Å². The molecular formula is C41H46O6. The van der Waals surface area contributed by atoms with Gasteiger partial charge in [0.25, 0.3) is 0 Å². The van der Waals surface area contributed by atoms with Gasteiger partial charge in [0.05, 0.1) is 37.9 Å². The number of hydrogen-bond donors (Lipinski definition) is 0. The number of hydrogen-bond acceptors (Lipinski definition) is 6. The molecule has 2 aliphatic carbocycles. The van der Waals surface area contributed by atoms with Crippen molar-refractivity contribution in [3.63, 3.8) is 0 Å². The average Bonchev–Trinajstić information content (AvgIpc) is 4.04. The third-order valence-electron chi connectivity index (χ3n) is 9.83. The van der Waals surface area contributed by atoms with Crippen LogP contribution in [0.5, 0.6) is 17.2 Å². The fraction of sp³-hybridized carbons (Fsp3) is 0.415. The Morgan fingerprint density at radius 3 is 1.68 bits per heavy atom. The van der Waals surface area contributed by atoms with Crippen molar-refractivity contribution >= 4 is 0 Å². The van der Waals surface area contributed by atoms with Crippen LogP contribution in [-0.2, 0) is 19.6 Å². The molecule has 2 saturated heterocycles. The van der Waals surface area contributed by atoms with Crippen LogP contribution < -0.4 is 14.2 Å². The maximum atomic E-state index is 6.39. The lowest BCUT2D eigenvalue weighted by Crippen LogP contribution is -2.26. The number of ether oxygens (including phenoxy) is 6. The summed E-state index contributed by atoms with van der Waals surface area (Å²) in [4.78, 5) is 0. The summed E-state index contributed by atoms with van der Waals surface area (Å²) in [7, 11) is 1.70. The molecule has 2 aliphatic heterocycles. The molecule has 0 bridgehead atoms. The summed E-state index contributed by atoms with van der Waals surface area (Å²) < 4.78 is 34.4. The molecule has 1 spiro atoms. The van der Waals surface area contributed by atoms with E-state index in [-0.39, 0.29) is 6.10 Å². The third kappa shape index (κ3) is 6.15. The minimum atomic E-state index is -0.535. The molecule has 4 aliphatic rings. The van der Waals surface area contributed by atoms with Crippen LogP contribution >= 0.6 is 0 Å². The summed E-state index contributed by atoms with van der Waals surface area (Å²) >= 11 is 0. The predicted octanol–water partition coefficient (Wildman–Crippen LogP) is 8.36. The Balaban J connectivity index is 0.000000644. The van der Waals surface area contributed by atoms with Gasteiger partial charge < -0.3 is 28.4 Å². The van der Waals surface area contributed by atoms with Crippen LogP contribution in [0.15, 0.2) is 72.8 Å². The number of fused-ring (bicyclic) bond motifs is 10. The van der Waals surface area contributed by atoms with Gasteiger partial charge in [0.15, 0.2) is 0 Å². The molecule has 4 atom stereocenters. The molecule has 2 fully saturated rings. The van der Waals surface area contributed by atoms with Crippen LogP contribution in [0.3, 0.4) is 0 Å².